The van der Waals surface area contributed by atoms with Crippen LogP contribution in [0, 0.1) is 0 Å². The number of piperidine rings is 1. The van der Waals surface area contributed by atoms with Crippen LogP contribution in [0.4, 0.5) is 4.79 Å². The van der Waals surface area contributed by atoms with Crippen LogP contribution in [-0.4, -0.2) is 70.4 Å². The number of nitrogens with one attached hydrogen (secondary N) is 1. The van der Waals surface area contributed by atoms with Crippen LogP contribution >= 0.6 is 0 Å². The van der Waals surface area contributed by atoms with Gasteiger partial charge >= 0.3 is 6.03 Å². The van der Waals surface area contributed by atoms with Gasteiger partial charge in [-0.15, -0.1) is 0 Å². The number of hydrogen-bond acceptors (Lipinski definition) is 5. The number of carbonyl (C=O) groups is 3. The molecule has 1 aliphatic carbocycles. The lowest BCUT2D eigenvalue weighted by Gasteiger charge is -2.42. The fraction of sp³-hybridized carbons (Fsp3) is 0.448. The summed E-state index contributed by atoms with van der Waals surface area (Å²) in [5.41, 5.74) is 14.4. The standard InChI is InChI=1S/C29H36N6O4/c30-27(31)32-15-3-6-23-25(37)35(28(39)33-23)24(18-19-7-9-21(36)10-8-19)26(38)34-16-13-29(14-17-34)12-11-20-4-1-2-5-22(20)29/h1-2,4-5,7-10,23-24,36H,3,6,11-18H2,(H,33,39)(H4,30,31,32)/t23-,24-/m1/s1. The third-order valence-electron chi connectivity index (χ3n) is 8.45. The Hall–Kier alpha value is -4.08. The van der Waals surface area contributed by atoms with E-state index in [9.17, 15) is 19.5 Å². The number of phenols is 1. The van der Waals surface area contributed by atoms with Crippen molar-refractivity contribution in [2.45, 2.75) is 62.4 Å². The molecule has 0 saturated carbocycles. The van der Waals surface area contributed by atoms with Gasteiger partial charge < -0.3 is 26.8 Å². The molecule has 2 aromatic carbocycles. The van der Waals surface area contributed by atoms with Crippen LogP contribution < -0.4 is 16.8 Å². The Bertz CT molecular complexity index is 1260. The van der Waals surface area contributed by atoms with Gasteiger partial charge in [-0.3, -0.25) is 14.6 Å². The maximum absolute atomic E-state index is 14.0. The Morgan fingerprint density at radius 1 is 1.08 bits per heavy atom. The number of aromatic hydroxyl groups is 1. The number of benzene rings is 2. The van der Waals surface area contributed by atoms with Crippen LogP contribution in [0.3, 0.4) is 0 Å². The number of aliphatic imine (C=N–C) groups is 1. The van der Waals surface area contributed by atoms with Gasteiger partial charge in [0.2, 0.25) is 5.91 Å². The summed E-state index contributed by atoms with van der Waals surface area (Å²) in [5, 5.41) is 12.5. The molecule has 1 spiro atoms. The normalized spacial score (nSPS) is 20.6. The zero-order chi connectivity index (χ0) is 27.6. The second-order valence-corrected chi connectivity index (χ2v) is 10.8. The first-order valence-electron chi connectivity index (χ1n) is 13.6. The largest absolute Gasteiger partial charge is 0.508 e. The maximum atomic E-state index is 14.0. The van der Waals surface area contributed by atoms with Crippen LogP contribution in [0.1, 0.15) is 48.8 Å². The van der Waals surface area contributed by atoms with Gasteiger partial charge in [-0.25, -0.2) is 9.69 Å². The highest BCUT2D eigenvalue weighted by Gasteiger charge is 2.47. The van der Waals surface area contributed by atoms with Crippen LogP contribution in [-0.2, 0) is 27.8 Å². The van der Waals surface area contributed by atoms with Crippen molar-refractivity contribution in [3.05, 3.63) is 65.2 Å². The fourth-order valence-electron chi connectivity index (χ4n) is 6.34. The van der Waals surface area contributed by atoms with E-state index in [-0.39, 0.29) is 29.5 Å². The van der Waals surface area contributed by atoms with Crippen LogP contribution in [0.2, 0.25) is 0 Å². The topological polar surface area (TPSA) is 154 Å². The number of rotatable bonds is 8. The van der Waals surface area contributed by atoms with E-state index in [2.05, 4.69) is 34.6 Å². The monoisotopic (exact) mass is 532 g/mol. The third-order valence-corrected chi connectivity index (χ3v) is 8.45. The predicted octanol–water partition coefficient (Wildman–Crippen LogP) is 1.78. The molecule has 206 valence electrons. The summed E-state index contributed by atoms with van der Waals surface area (Å²) < 4.78 is 0. The molecule has 10 nitrogen and oxygen atoms in total. The van der Waals surface area contributed by atoms with E-state index in [4.69, 9.17) is 11.5 Å². The molecule has 4 amide bonds. The minimum absolute atomic E-state index is 0.0256. The number of amides is 4. The lowest BCUT2D eigenvalue weighted by atomic mass is 9.73. The summed E-state index contributed by atoms with van der Waals surface area (Å²) in [6, 6.07) is 12.8. The molecular weight excluding hydrogens is 496 g/mol. The fourth-order valence-corrected chi connectivity index (χ4v) is 6.34. The second kappa shape index (κ2) is 11.0. The molecule has 5 rings (SSSR count). The maximum Gasteiger partial charge on any atom is 0.325 e. The quantitative estimate of drug-likeness (QED) is 0.176. The van der Waals surface area contributed by atoms with Crippen molar-refractivity contribution >= 4 is 23.8 Å². The van der Waals surface area contributed by atoms with E-state index in [1.165, 1.54) is 23.3 Å². The molecule has 2 fully saturated rings. The van der Waals surface area contributed by atoms with E-state index in [0.29, 0.717) is 32.5 Å². The molecule has 10 heteroatoms. The summed E-state index contributed by atoms with van der Waals surface area (Å²) in [7, 11) is 0. The van der Waals surface area contributed by atoms with Gasteiger partial charge in [0.1, 0.15) is 17.8 Å². The van der Waals surface area contributed by atoms with Gasteiger partial charge in [-0.2, -0.15) is 0 Å². The Labute approximate surface area is 228 Å². The molecule has 3 aliphatic rings. The van der Waals surface area contributed by atoms with E-state index in [1.807, 2.05) is 4.90 Å². The number of urea groups is 1. The summed E-state index contributed by atoms with van der Waals surface area (Å²) in [6.45, 7) is 1.49. The molecule has 2 saturated heterocycles. The highest BCUT2D eigenvalue weighted by molar-refractivity contribution is 6.07. The van der Waals surface area contributed by atoms with Gasteiger partial charge in [-0.05, 0) is 72.8 Å². The smallest absolute Gasteiger partial charge is 0.325 e. The third kappa shape index (κ3) is 5.41. The van der Waals surface area contributed by atoms with E-state index >= 15 is 0 Å². The highest BCUT2D eigenvalue weighted by atomic mass is 16.3. The van der Waals surface area contributed by atoms with Crippen molar-refractivity contribution in [1.82, 2.24) is 15.1 Å². The van der Waals surface area contributed by atoms with Crippen molar-refractivity contribution in [1.29, 1.82) is 0 Å². The number of likely N-dealkylation sites (tertiary alicyclic amines) is 1. The summed E-state index contributed by atoms with van der Waals surface area (Å²) in [4.78, 5) is 47.3. The molecule has 2 atom stereocenters. The second-order valence-electron chi connectivity index (χ2n) is 10.8. The highest BCUT2D eigenvalue weighted by Crippen LogP contribution is 2.46. The molecule has 2 aliphatic heterocycles. The number of phenolic OH excluding ortho intramolecular Hbond substituents is 1. The van der Waals surface area contributed by atoms with Crippen molar-refractivity contribution < 1.29 is 19.5 Å². The first-order chi connectivity index (χ1) is 18.8. The van der Waals surface area contributed by atoms with Crippen LogP contribution in [0.5, 0.6) is 5.75 Å². The SMILES string of the molecule is NC(N)=NCCC[C@H]1NC(=O)N([C@H](Cc2ccc(O)cc2)C(=O)N2CCC3(CCc4ccccc43)CC2)C1=O. The number of carbonyl (C=O) groups excluding carboxylic acids is 3. The number of fused-ring (bicyclic) bond motifs is 2. The van der Waals surface area contributed by atoms with Crippen molar-refractivity contribution in [2.75, 3.05) is 19.6 Å². The first kappa shape index (κ1) is 26.5. The zero-order valence-corrected chi connectivity index (χ0v) is 22.0. The molecule has 6 N–H and O–H groups in total. The van der Waals surface area contributed by atoms with Gasteiger partial charge in [0.25, 0.3) is 5.91 Å². The minimum Gasteiger partial charge on any atom is -0.508 e. The number of aryl methyl sites for hydroxylation is 1. The Kier molecular flexibility index (Phi) is 7.45. The average Bonchev–Trinajstić information content (AvgIpc) is 3.42. The van der Waals surface area contributed by atoms with Crippen molar-refractivity contribution in [3.63, 3.8) is 0 Å². The zero-order valence-electron chi connectivity index (χ0n) is 22.0. The molecule has 0 aromatic heterocycles. The first-order valence-corrected chi connectivity index (χ1v) is 13.6. The number of nitrogens with zero attached hydrogens (tertiary/aromatic N) is 3. The summed E-state index contributed by atoms with van der Waals surface area (Å²) in [5.74, 6) is -0.563. The molecule has 0 radical (unpaired) electrons. The van der Waals surface area contributed by atoms with Gasteiger partial charge in [0.05, 0.1) is 0 Å². The lowest BCUT2D eigenvalue weighted by molar-refractivity contribution is -0.143. The molecule has 2 heterocycles. The number of imide groups is 1. The van der Waals surface area contributed by atoms with Crippen LogP contribution in [0.15, 0.2) is 53.5 Å². The van der Waals surface area contributed by atoms with Crippen LogP contribution in [0.25, 0.3) is 0 Å². The predicted molar refractivity (Wildman–Crippen MR) is 147 cm³/mol. The lowest BCUT2D eigenvalue weighted by Crippen LogP contribution is -2.55. The number of nitrogens with two attached hydrogens (primary N) is 2. The Morgan fingerprint density at radius 3 is 2.51 bits per heavy atom. The summed E-state index contributed by atoms with van der Waals surface area (Å²) >= 11 is 0. The average molecular weight is 533 g/mol. The number of guanidine groups is 1. The molecule has 0 unspecified atom stereocenters. The molecule has 2 aromatic rings. The minimum atomic E-state index is -0.977. The number of hydrogen-bond donors (Lipinski definition) is 4. The van der Waals surface area contributed by atoms with E-state index in [1.54, 1.807) is 12.1 Å². The van der Waals surface area contributed by atoms with Gasteiger partial charge in [0, 0.05) is 26.1 Å². The Balaban J connectivity index is 1.33. The summed E-state index contributed by atoms with van der Waals surface area (Å²) in [6.07, 6.45) is 4.90. The van der Waals surface area contributed by atoms with Crippen molar-refractivity contribution in [2.24, 2.45) is 16.5 Å². The van der Waals surface area contributed by atoms with E-state index < -0.39 is 24.0 Å². The molecule has 39 heavy (non-hydrogen) atoms. The van der Waals surface area contributed by atoms with Gasteiger partial charge in [0.15, 0.2) is 5.96 Å². The molecule has 0 bridgehead atoms. The van der Waals surface area contributed by atoms with E-state index in [0.717, 1.165) is 36.1 Å². The Morgan fingerprint density at radius 2 is 1.79 bits per heavy atom. The van der Waals surface area contributed by atoms with Gasteiger partial charge in [-0.1, -0.05) is 36.4 Å². The van der Waals surface area contributed by atoms with Crippen molar-refractivity contribution in [3.8, 4) is 5.75 Å². The molecular formula is C29H36N6O4.